The highest BCUT2D eigenvalue weighted by atomic mass is 32.2. The van der Waals surface area contributed by atoms with E-state index < -0.39 is 23.4 Å². The SMILES string of the molecule is Nc1nc2c(C3=Cc4nc(OC[C@@]56CCCN5C[C@H](F)C6)nc(N5C6CNCC5COC6)c4[S+]([O-])N3CC3COC3)ccc(F)c2s1. The molecular weight excluding hydrogens is 651 g/mol. The first-order chi connectivity index (χ1) is 22.9. The van der Waals surface area contributed by atoms with Crippen LogP contribution in [0.2, 0.25) is 0 Å². The third-order valence-corrected chi connectivity index (χ3v) is 12.7. The Morgan fingerprint density at radius 2 is 1.96 bits per heavy atom. The van der Waals surface area contributed by atoms with Gasteiger partial charge in [-0.15, -0.1) is 0 Å². The van der Waals surface area contributed by atoms with Gasteiger partial charge < -0.3 is 34.7 Å². The van der Waals surface area contributed by atoms with Crippen LogP contribution >= 0.6 is 11.3 Å². The molecule has 0 saturated carbocycles. The Balaban J connectivity index is 1.19. The van der Waals surface area contributed by atoms with Crippen LogP contribution in [-0.4, -0.2) is 118 Å². The van der Waals surface area contributed by atoms with Gasteiger partial charge in [-0.3, -0.25) is 4.90 Å². The van der Waals surface area contributed by atoms with Gasteiger partial charge in [-0.1, -0.05) is 11.3 Å². The van der Waals surface area contributed by atoms with E-state index in [1.54, 1.807) is 6.07 Å². The van der Waals surface area contributed by atoms with E-state index in [1.807, 2.05) is 10.4 Å². The Bertz CT molecular complexity index is 1720. The molecule has 47 heavy (non-hydrogen) atoms. The van der Waals surface area contributed by atoms with Crippen LogP contribution in [0.3, 0.4) is 0 Å². The first-order valence-corrected chi connectivity index (χ1v) is 18.1. The van der Waals surface area contributed by atoms with Gasteiger partial charge in [0.2, 0.25) is 4.90 Å². The number of thiazole rings is 1. The lowest BCUT2D eigenvalue weighted by Crippen LogP contribution is -2.64. The maximum Gasteiger partial charge on any atom is 0.319 e. The number of hydrogen-bond acceptors (Lipinski definition) is 13. The number of nitrogens with two attached hydrogens (primary N) is 1. The molecule has 0 radical (unpaired) electrons. The summed E-state index contributed by atoms with van der Waals surface area (Å²) in [4.78, 5) is 19.3. The smallest absolute Gasteiger partial charge is 0.319 e. The first-order valence-electron chi connectivity index (χ1n) is 16.2. The van der Waals surface area contributed by atoms with E-state index in [0.29, 0.717) is 96.9 Å². The molecule has 16 heteroatoms. The van der Waals surface area contributed by atoms with E-state index in [2.05, 4.69) is 20.1 Å². The minimum absolute atomic E-state index is 0.0223. The van der Waals surface area contributed by atoms with Crippen molar-refractivity contribution in [3.05, 3.63) is 29.2 Å². The zero-order chi connectivity index (χ0) is 31.9. The number of anilines is 2. The fourth-order valence-corrected chi connectivity index (χ4v) is 10.3. The second-order valence-corrected chi connectivity index (χ2v) is 15.8. The third-order valence-electron chi connectivity index (χ3n) is 10.3. The zero-order valence-corrected chi connectivity index (χ0v) is 27.3. The van der Waals surface area contributed by atoms with Crippen LogP contribution in [0.15, 0.2) is 17.0 Å². The average molecular weight is 687 g/mol. The number of benzene rings is 1. The molecule has 3 unspecified atom stereocenters. The number of nitrogens with zero attached hydrogens (tertiary/aromatic N) is 6. The molecule has 0 amide bonds. The first kappa shape index (κ1) is 30.2. The normalized spacial score (nSPS) is 30.7. The van der Waals surface area contributed by atoms with Crippen molar-refractivity contribution in [1.82, 2.24) is 29.5 Å². The molecule has 3 N–H and O–H groups in total. The lowest BCUT2D eigenvalue weighted by Gasteiger charge is -2.47. The van der Waals surface area contributed by atoms with Crippen LogP contribution in [0, 0.1) is 11.7 Å². The minimum Gasteiger partial charge on any atom is -0.588 e. The Labute approximate surface area is 277 Å². The van der Waals surface area contributed by atoms with E-state index in [1.165, 1.54) is 6.07 Å². The molecule has 5 fully saturated rings. The van der Waals surface area contributed by atoms with Gasteiger partial charge in [0.15, 0.2) is 10.9 Å². The summed E-state index contributed by atoms with van der Waals surface area (Å²) < 4.78 is 64.4. The summed E-state index contributed by atoms with van der Waals surface area (Å²) in [6.07, 6.45) is 3.28. The average Bonchev–Trinajstić information content (AvgIpc) is 3.69. The number of alkyl halides is 1. The molecule has 2 aromatic heterocycles. The van der Waals surface area contributed by atoms with Crippen molar-refractivity contribution < 1.29 is 27.5 Å². The number of morpholine rings is 1. The molecule has 8 heterocycles. The van der Waals surface area contributed by atoms with Crippen molar-refractivity contribution in [2.75, 3.05) is 76.4 Å². The van der Waals surface area contributed by atoms with Crippen molar-refractivity contribution in [3.63, 3.8) is 0 Å². The summed E-state index contributed by atoms with van der Waals surface area (Å²) in [5, 5.41) is 3.74. The highest BCUT2D eigenvalue weighted by Gasteiger charge is 2.50. The second kappa shape index (κ2) is 11.6. The van der Waals surface area contributed by atoms with Crippen molar-refractivity contribution >= 4 is 55.6 Å². The minimum atomic E-state index is -1.74. The van der Waals surface area contributed by atoms with Crippen molar-refractivity contribution in [2.24, 2.45) is 5.92 Å². The summed E-state index contributed by atoms with van der Waals surface area (Å²) in [5.74, 6) is 0.315. The number of hydrogen-bond donors (Lipinski definition) is 2. The monoisotopic (exact) mass is 686 g/mol. The molecule has 12 nitrogen and oxygen atoms in total. The van der Waals surface area contributed by atoms with Crippen LogP contribution in [0.5, 0.6) is 6.01 Å². The summed E-state index contributed by atoms with van der Waals surface area (Å²) in [6.45, 7) is 5.51. The molecule has 5 atom stereocenters. The van der Waals surface area contributed by atoms with Gasteiger partial charge >= 0.3 is 6.01 Å². The number of rotatable bonds is 7. The summed E-state index contributed by atoms with van der Waals surface area (Å²) in [5.41, 5.74) is 7.77. The maximum absolute atomic E-state index is 14.9. The topological polar surface area (TPSA) is 137 Å². The Kier molecular flexibility index (Phi) is 7.48. The maximum atomic E-state index is 14.9. The number of ether oxygens (including phenoxy) is 3. The van der Waals surface area contributed by atoms with Crippen LogP contribution in [-0.2, 0) is 20.8 Å². The highest BCUT2D eigenvalue weighted by molar-refractivity contribution is 7.89. The third kappa shape index (κ3) is 5.06. The summed E-state index contributed by atoms with van der Waals surface area (Å²) in [6, 6.07) is 3.17. The fourth-order valence-electron chi connectivity index (χ4n) is 8.07. The van der Waals surface area contributed by atoms with Gasteiger partial charge in [0.25, 0.3) is 0 Å². The van der Waals surface area contributed by atoms with Crippen LogP contribution in [0.25, 0.3) is 22.0 Å². The summed E-state index contributed by atoms with van der Waals surface area (Å²) >= 11 is -0.658. The fraction of sp³-hybridized carbons (Fsp3) is 0.581. The van der Waals surface area contributed by atoms with Crippen LogP contribution in [0.1, 0.15) is 30.5 Å². The lowest BCUT2D eigenvalue weighted by atomic mass is 9.95. The second-order valence-electron chi connectivity index (χ2n) is 13.4. The quantitative estimate of drug-likeness (QED) is 0.354. The predicted octanol–water partition coefficient (Wildman–Crippen LogP) is 2.42. The van der Waals surface area contributed by atoms with E-state index >= 15 is 0 Å². The van der Waals surface area contributed by atoms with Gasteiger partial charge in [-0.05, 0) is 37.6 Å². The van der Waals surface area contributed by atoms with Crippen LogP contribution < -0.4 is 20.7 Å². The zero-order valence-electron chi connectivity index (χ0n) is 25.7. The molecular formula is C31H36F2N8O4S2. The molecule has 250 valence electrons. The summed E-state index contributed by atoms with van der Waals surface area (Å²) in [7, 11) is 0. The van der Waals surface area contributed by atoms with Crippen LogP contribution in [0.4, 0.5) is 19.7 Å². The van der Waals surface area contributed by atoms with Gasteiger partial charge in [0.1, 0.15) is 35.7 Å². The van der Waals surface area contributed by atoms with Crippen molar-refractivity contribution in [2.45, 2.75) is 48.0 Å². The highest BCUT2D eigenvalue weighted by Crippen LogP contribution is 2.45. The number of nitrogens with one attached hydrogen (secondary N) is 1. The molecule has 6 aliphatic heterocycles. The van der Waals surface area contributed by atoms with E-state index in [4.69, 9.17) is 29.9 Å². The molecule has 0 spiro atoms. The number of aromatic nitrogens is 3. The largest absolute Gasteiger partial charge is 0.588 e. The molecule has 0 aliphatic carbocycles. The van der Waals surface area contributed by atoms with E-state index in [9.17, 15) is 13.3 Å². The Morgan fingerprint density at radius 3 is 2.74 bits per heavy atom. The van der Waals surface area contributed by atoms with Gasteiger partial charge in [-0.2, -0.15) is 14.3 Å². The van der Waals surface area contributed by atoms with Gasteiger partial charge in [0.05, 0.1) is 66.5 Å². The Hall–Kier alpha value is -2.86. The lowest BCUT2D eigenvalue weighted by molar-refractivity contribution is -0.0348. The molecule has 3 aromatic rings. The standard InChI is InChI=1S/C31H36F2N8O4S2/c32-18-7-31(4-1-5-39(31)11-18)16-45-30-36-23-6-24(21-2-3-22(33)26-25(21)37-29(34)46-26)40(10-17-12-43-13-17)47(42)27(23)28(38-30)41-19-8-35-9-20(41)15-44-14-19/h2-3,6,17-20,35H,1,4-5,7-16H2,(H2,34,37)/t18-,19?,20?,31+,47?/m1/s1. The molecule has 9 rings (SSSR count). The number of nitrogen functional groups attached to an aromatic ring is 1. The molecule has 6 aliphatic rings. The molecule has 1 aromatic carbocycles. The van der Waals surface area contributed by atoms with E-state index in [-0.39, 0.29) is 41.3 Å². The predicted molar refractivity (Wildman–Crippen MR) is 174 cm³/mol. The van der Waals surface area contributed by atoms with Gasteiger partial charge in [-0.25, -0.2) is 13.8 Å². The Morgan fingerprint density at radius 1 is 1.15 bits per heavy atom. The number of halogens is 2. The van der Waals surface area contributed by atoms with E-state index in [0.717, 1.165) is 30.7 Å². The van der Waals surface area contributed by atoms with Crippen molar-refractivity contribution in [3.8, 4) is 6.01 Å². The number of fused-ring (bicyclic) bond motifs is 5. The number of piperazine rings is 1. The molecule has 2 bridgehead atoms. The van der Waals surface area contributed by atoms with Gasteiger partial charge in [0, 0.05) is 37.5 Å². The molecule has 5 saturated heterocycles. The van der Waals surface area contributed by atoms with Crippen molar-refractivity contribution in [1.29, 1.82) is 0 Å².